The Labute approximate surface area is 85.3 Å². The summed E-state index contributed by atoms with van der Waals surface area (Å²) in [5.41, 5.74) is -0.104. The molecule has 0 aromatic heterocycles. The van der Waals surface area contributed by atoms with Crippen LogP contribution in [0.1, 0.15) is 18.1 Å². The van der Waals surface area contributed by atoms with E-state index in [4.69, 9.17) is 9.84 Å². The second-order valence-electron chi connectivity index (χ2n) is 3.10. The van der Waals surface area contributed by atoms with Crippen molar-refractivity contribution in [3.05, 3.63) is 35.4 Å². The van der Waals surface area contributed by atoms with Crippen LogP contribution in [0.3, 0.4) is 0 Å². The molecular formula is C10H11F3O2. The fourth-order valence-corrected chi connectivity index (χ4v) is 1.01. The molecule has 84 valence electrons. The van der Waals surface area contributed by atoms with Crippen LogP contribution in [0.5, 0.6) is 0 Å². The Morgan fingerprint density at radius 2 is 1.80 bits per heavy atom. The van der Waals surface area contributed by atoms with Gasteiger partial charge in [0.25, 0.3) is 0 Å². The minimum atomic E-state index is -4.32. The Morgan fingerprint density at radius 1 is 1.27 bits per heavy atom. The Bertz CT molecular complexity index is 303. The van der Waals surface area contributed by atoms with Gasteiger partial charge in [-0.3, -0.25) is 0 Å². The average Bonchev–Trinajstić information content (AvgIpc) is 2.14. The number of benzene rings is 1. The lowest BCUT2D eigenvalue weighted by Crippen LogP contribution is -2.07. The highest BCUT2D eigenvalue weighted by Gasteiger charge is 2.29. The maximum Gasteiger partial charge on any atom is 0.416 e. The van der Waals surface area contributed by atoms with Crippen molar-refractivity contribution < 1.29 is 23.0 Å². The molecule has 0 aliphatic heterocycles. The summed E-state index contributed by atoms with van der Waals surface area (Å²) in [6.07, 6.45) is -5.24. The van der Waals surface area contributed by atoms with Crippen molar-refractivity contribution in [1.82, 2.24) is 0 Å². The van der Waals surface area contributed by atoms with Crippen LogP contribution in [0, 0.1) is 0 Å². The molecule has 1 aromatic rings. The molecule has 5 heteroatoms. The average molecular weight is 220 g/mol. The van der Waals surface area contributed by atoms with E-state index >= 15 is 0 Å². The van der Waals surface area contributed by atoms with Crippen molar-refractivity contribution in [3.63, 3.8) is 0 Å². The number of halogens is 3. The summed E-state index contributed by atoms with van der Waals surface area (Å²) < 4.78 is 41.3. The molecule has 1 atom stereocenters. The number of aliphatic hydroxyl groups excluding tert-OH is 1. The minimum Gasteiger partial charge on any atom is -0.368 e. The molecule has 0 saturated carbocycles. The van der Waals surface area contributed by atoms with E-state index in [1.807, 2.05) is 0 Å². The second kappa shape index (κ2) is 4.63. The molecule has 0 radical (unpaired) electrons. The normalized spacial score (nSPS) is 13.9. The summed E-state index contributed by atoms with van der Waals surface area (Å²) >= 11 is 0. The van der Waals surface area contributed by atoms with Gasteiger partial charge < -0.3 is 9.84 Å². The summed E-state index contributed by atoms with van der Waals surface area (Å²) in [6.45, 7) is 1.53. The summed E-state index contributed by atoms with van der Waals surface area (Å²) in [7, 11) is 0. The fourth-order valence-electron chi connectivity index (χ4n) is 1.01. The van der Waals surface area contributed by atoms with Gasteiger partial charge in [-0.15, -0.1) is 0 Å². The van der Waals surface area contributed by atoms with Crippen molar-refractivity contribution in [2.75, 3.05) is 0 Å². The number of hydrogen-bond donors (Lipinski definition) is 1. The first-order valence-corrected chi connectivity index (χ1v) is 4.35. The van der Waals surface area contributed by atoms with Gasteiger partial charge in [0.1, 0.15) is 0 Å². The van der Waals surface area contributed by atoms with E-state index in [-0.39, 0.29) is 6.61 Å². The van der Waals surface area contributed by atoms with Gasteiger partial charge >= 0.3 is 6.18 Å². The first-order chi connectivity index (χ1) is 6.89. The summed E-state index contributed by atoms with van der Waals surface area (Å²) in [6, 6.07) is 4.62. The van der Waals surface area contributed by atoms with Gasteiger partial charge in [-0.2, -0.15) is 13.2 Å². The molecular weight excluding hydrogens is 209 g/mol. The number of ether oxygens (including phenoxy) is 1. The predicted octanol–water partition coefficient (Wildman–Crippen LogP) is 2.56. The summed E-state index contributed by atoms with van der Waals surface area (Å²) in [5, 5.41) is 8.80. The molecule has 0 saturated heterocycles. The largest absolute Gasteiger partial charge is 0.416 e. The first-order valence-electron chi connectivity index (χ1n) is 4.35. The van der Waals surface area contributed by atoms with Crippen LogP contribution in [0.4, 0.5) is 13.2 Å². The number of hydrogen-bond acceptors (Lipinski definition) is 2. The monoisotopic (exact) mass is 220 g/mol. The maximum absolute atomic E-state index is 12.2. The van der Waals surface area contributed by atoms with Gasteiger partial charge in [0.05, 0.1) is 12.2 Å². The molecule has 0 heterocycles. The van der Waals surface area contributed by atoms with Gasteiger partial charge in [0.15, 0.2) is 6.29 Å². The minimum absolute atomic E-state index is 0.0931. The maximum atomic E-state index is 12.2. The smallest absolute Gasteiger partial charge is 0.368 e. The molecule has 1 aromatic carbocycles. The van der Waals surface area contributed by atoms with Gasteiger partial charge in [-0.25, -0.2) is 0 Å². The highest BCUT2D eigenvalue weighted by molar-refractivity contribution is 5.24. The van der Waals surface area contributed by atoms with Gasteiger partial charge in [0.2, 0.25) is 0 Å². The van der Waals surface area contributed by atoms with Crippen molar-refractivity contribution in [1.29, 1.82) is 0 Å². The van der Waals surface area contributed by atoms with Crippen molar-refractivity contribution in [2.24, 2.45) is 0 Å². The van der Waals surface area contributed by atoms with Crippen LogP contribution < -0.4 is 0 Å². The lowest BCUT2D eigenvalue weighted by molar-refractivity contribution is -0.137. The third kappa shape index (κ3) is 3.89. The molecule has 15 heavy (non-hydrogen) atoms. The molecule has 0 aliphatic rings. The van der Waals surface area contributed by atoms with E-state index in [1.165, 1.54) is 19.1 Å². The van der Waals surface area contributed by atoms with Gasteiger partial charge in [0, 0.05) is 0 Å². The van der Waals surface area contributed by atoms with Crippen LogP contribution in [0.25, 0.3) is 0 Å². The predicted molar refractivity (Wildman–Crippen MR) is 47.9 cm³/mol. The summed E-state index contributed by atoms with van der Waals surface area (Å²) in [4.78, 5) is 0. The highest BCUT2D eigenvalue weighted by atomic mass is 19.4. The first kappa shape index (κ1) is 12.0. The highest BCUT2D eigenvalue weighted by Crippen LogP contribution is 2.29. The Hall–Kier alpha value is -1.07. The van der Waals surface area contributed by atoms with E-state index in [0.29, 0.717) is 5.56 Å². The topological polar surface area (TPSA) is 29.5 Å². The van der Waals surface area contributed by atoms with Crippen LogP contribution in [-0.4, -0.2) is 11.4 Å². The Kier molecular flexibility index (Phi) is 3.71. The van der Waals surface area contributed by atoms with E-state index in [0.717, 1.165) is 12.1 Å². The van der Waals surface area contributed by atoms with E-state index in [1.54, 1.807) is 0 Å². The molecule has 1 rings (SSSR count). The number of alkyl halides is 3. The standard InChI is InChI=1S/C10H11F3O2/c1-7(14)15-6-8-2-4-9(5-3-8)10(11,12)13/h2-5,7,14H,6H2,1H3/t7-/m1/s1. The van der Waals surface area contributed by atoms with E-state index in [2.05, 4.69) is 0 Å². The molecule has 0 amide bonds. The van der Waals surface area contributed by atoms with E-state index in [9.17, 15) is 13.2 Å². The lowest BCUT2D eigenvalue weighted by Gasteiger charge is -2.09. The third-order valence-electron chi connectivity index (χ3n) is 1.77. The molecule has 2 nitrogen and oxygen atoms in total. The van der Waals surface area contributed by atoms with Crippen molar-refractivity contribution in [2.45, 2.75) is 26.0 Å². The lowest BCUT2D eigenvalue weighted by atomic mass is 10.1. The van der Waals surface area contributed by atoms with Gasteiger partial charge in [-0.05, 0) is 24.6 Å². The fraction of sp³-hybridized carbons (Fsp3) is 0.400. The Balaban J connectivity index is 2.65. The van der Waals surface area contributed by atoms with Crippen LogP contribution in [0.2, 0.25) is 0 Å². The Morgan fingerprint density at radius 3 is 2.20 bits per heavy atom. The molecule has 0 unspecified atom stereocenters. The third-order valence-corrected chi connectivity index (χ3v) is 1.77. The van der Waals surface area contributed by atoms with Crippen LogP contribution in [0.15, 0.2) is 24.3 Å². The summed E-state index contributed by atoms with van der Waals surface area (Å²) in [5.74, 6) is 0. The number of aliphatic hydroxyl groups is 1. The second-order valence-corrected chi connectivity index (χ2v) is 3.10. The number of rotatable bonds is 3. The zero-order chi connectivity index (χ0) is 11.5. The molecule has 0 fully saturated rings. The molecule has 1 N–H and O–H groups in total. The zero-order valence-electron chi connectivity index (χ0n) is 8.08. The van der Waals surface area contributed by atoms with Crippen molar-refractivity contribution >= 4 is 0 Å². The van der Waals surface area contributed by atoms with Crippen LogP contribution >= 0.6 is 0 Å². The molecule has 0 bridgehead atoms. The molecule has 0 aliphatic carbocycles. The van der Waals surface area contributed by atoms with Gasteiger partial charge in [-0.1, -0.05) is 12.1 Å². The molecule has 0 spiro atoms. The van der Waals surface area contributed by atoms with Crippen molar-refractivity contribution in [3.8, 4) is 0 Å². The van der Waals surface area contributed by atoms with E-state index < -0.39 is 18.0 Å². The quantitative estimate of drug-likeness (QED) is 0.793. The SMILES string of the molecule is C[C@H](O)OCc1ccc(C(F)(F)F)cc1. The van der Waals surface area contributed by atoms with Crippen LogP contribution in [-0.2, 0) is 17.5 Å². The zero-order valence-corrected chi connectivity index (χ0v) is 8.08.